The number of fused-ring (bicyclic) bond motifs is 2. The Morgan fingerprint density at radius 2 is 1.91 bits per heavy atom. The van der Waals surface area contributed by atoms with Gasteiger partial charge in [0, 0.05) is 27.3 Å². The van der Waals surface area contributed by atoms with Crippen molar-refractivity contribution in [3.05, 3.63) is 61.9 Å². The monoisotopic (exact) mass is 381 g/mol. The van der Waals surface area contributed by atoms with Gasteiger partial charge in [-0.05, 0) is 30.2 Å². The van der Waals surface area contributed by atoms with Gasteiger partial charge in [0.1, 0.15) is 4.88 Å². The van der Waals surface area contributed by atoms with Gasteiger partial charge in [-0.25, -0.2) is 0 Å². The van der Waals surface area contributed by atoms with Crippen LogP contribution in [-0.4, -0.2) is 12.5 Å². The third-order valence-electron chi connectivity index (χ3n) is 3.98. The molecule has 1 aromatic heterocycles. The highest BCUT2D eigenvalue weighted by molar-refractivity contribution is 7.21. The summed E-state index contributed by atoms with van der Waals surface area (Å²) in [5, 5.41) is 2.10. The van der Waals surface area contributed by atoms with Crippen LogP contribution in [-0.2, 0) is 6.42 Å². The fraction of sp³-hybridized carbons (Fsp3) is 0.118. The van der Waals surface area contributed by atoms with Crippen molar-refractivity contribution < 1.29 is 4.79 Å². The number of carbonyl (C=O) groups is 1. The molecule has 2 heterocycles. The Bertz CT molecular complexity index is 950. The quantitative estimate of drug-likeness (QED) is 0.500. The molecule has 0 radical (unpaired) electrons. The number of rotatable bonds is 1. The number of carbonyl (C=O) groups excluding carboxylic acids is 1. The van der Waals surface area contributed by atoms with Gasteiger partial charge in [0.15, 0.2) is 0 Å². The van der Waals surface area contributed by atoms with Crippen LogP contribution in [0.5, 0.6) is 0 Å². The topological polar surface area (TPSA) is 20.3 Å². The Morgan fingerprint density at radius 1 is 1.13 bits per heavy atom. The Balaban J connectivity index is 1.83. The highest BCUT2D eigenvalue weighted by Crippen LogP contribution is 2.42. The summed E-state index contributed by atoms with van der Waals surface area (Å²) in [4.78, 5) is 15.3. The standard InChI is InChI=1S/C17H10Cl3NOS/c18-10-7-11(19)14-13(8-10)23-16(15(14)20)17(22)21-6-5-9-3-1-2-4-12(9)21/h1-4,7-8H,5-6H2. The van der Waals surface area contributed by atoms with Crippen LogP contribution in [0.3, 0.4) is 0 Å². The Hall–Kier alpha value is -1.26. The molecule has 1 aliphatic heterocycles. The first-order chi connectivity index (χ1) is 11.1. The van der Waals surface area contributed by atoms with Crippen LogP contribution < -0.4 is 4.90 Å². The zero-order chi connectivity index (χ0) is 16.1. The molecule has 0 saturated carbocycles. The lowest BCUT2D eigenvalue weighted by molar-refractivity contribution is 0.0993. The van der Waals surface area contributed by atoms with Gasteiger partial charge in [-0.2, -0.15) is 0 Å². The summed E-state index contributed by atoms with van der Waals surface area (Å²) in [6, 6.07) is 11.4. The fourth-order valence-electron chi connectivity index (χ4n) is 2.92. The lowest BCUT2D eigenvalue weighted by Gasteiger charge is -2.16. The van der Waals surface area contributed by atoms with Crippen molar-refractivity contribution in [3.8, 4) is 0 Å². The van der Waals surface area contributed by atoms with Crippen LogP contribution in [0.2, 0.25) is 15.1 Å². The summed E-state index contributed by atoms with van der Waals surface area (Å²) in [7, 11) is 0. The lowest BCUT2D eigenvalue weighted by atomic mass is 10.2. The van der Waals surface area contributed by atoms with E-state index in [0.29, 0.717) is 31.9 Å². The molecule has 1 amide bonds. The van der Waals surface area contributed by atoms with Crippen LogP contribution in [0, 0.1) is 0 Å². The van der Waals surface area contributed by atoms with Crippen molar-refractivity contribution in [1.82, 2.24) is 0 Å². The first-order valence-corrected chi connectivity index (χ1v) is 8.98. The zero-order valence-electron chi connectivity index (χ0n) is 11.8. The molecule has 0 unspecified atom stereocenters. The Labute approximate surface area is 152 Å². The van der Waals surface area contributed by atoms with E-state index in [1.807, 2.05) is 24.3 Å². The molecule has 0 aliphatic carbocycles. The van der Waals surface area contributed by atoms with E-state index in [1.165, 1.54) is 16.9 Å². The molecule has 0 atom stereocenters. The largest absolute Gasteiger partial charge is 0.307 e. The van der Waals surface area contributed by atoms with Crippen LogP contribution in [0.15, 0.2) is 36.4 Å². The number of para-hydroxylation sites is 1. The predicted octanol–water partition coefficient (Wildman–Crippen LogP) is 6.06. The van der Waals surface area contributed by atoms with E-state index in [1.54, 1.807) is 17.0 Å². The number of anilines is 1. The number of hydrogen-bond acceptors (Lipinski definition) is 2. The summed E-state index contributed by atoms with van der Waals surface area (Å²) in [5.74, 6) is -0.0895. The minimum absolute atomic E-state index is 0.0895. The van der Waals surface area contributed by atoms with Gasteiger partial charge in [0.2, 0.25) is 0 Å². The average Bonchev–Trinajstić information content (AvgIpc) is 3.08. The zero-order valence-corrected chi connectivity index (χ0v) is 14.9. The smallest absolute Gasteiger partial charge is 0.269 e. The number of benzene rings is 2. The summed E-state index contributed by atoms with van der Waals surface area (Å²) in [6.07, 6.45) is 0.858. The molecule has 0 N–H and O–H groups in total. The second-order valence-electron chi connectivity index (χ2n) is 5.34. The van der Waals surface area contributed by atoms with Crippen molar-refractivity contribution in [2.45, 2.75) is 6.42 Å². The van der Waals surface area contributed by atoms with Crippen LogP contribution >= 0.6 is 46.1 Å². The van der Waals surface area contributed by atoms with E-state index in [0.717, 1.165) is 16.8 Å². The SMILES string of the molecule is O=C(c1sc2cc(Cl)cc(Cl)c2c1Cl)N1CCc2ccccc21. The van der Waals surface area contributed by atoms with Gasteiger partial charge >= 0.3 is 0 Å². The van der Waals surface area contributed by atoms with Crippen LogP contribution in [0.25, 0.3) is 10.1 Å². The molecule has 4 rings (SSSR count). The summed E-state index contributed by atoms with van der Waals surface area (Å²) in [5.41, 5.74) is 2.13. The number of nitrogens with zero attached hydrogens (tertiary/aromatic N) is 1. The van der Waals surface area contributed by atoms with Crippen molar-refractivity contribution in [1.29, 1.82) is 0 Å². The van der Waals surface area contributed by atoms with E-state index in [9.17, 15) is 4.79 Å². The van der Waals surface area contributed by atoms with Gasteiger partial charge in [0.05, 0.1) is 10.0 Å². The minimum Gasteiger partial charge on any atom is -0.307 e. The molecule has 2 aromatic carbocycles. The molecule has 0 spiro atoms. The number of halogens is 3. The fourth-order valence-corrected chi connectivity index (χ4v) is 5.24. The van der Waals surface area contributed by atoms with Crippen LogP contribution in [0.1, 0.15) is 15.2 Å². The average molecular weight is 383 g/mol. The molecule has 0 bridgehead atoms. The minimum atomic E-state index is -0.0895. The molecule has 1 aliphatic rings. The normalized spacial score (nSPS) is 13.6. The predicted molar refractivity (Wildman–Crippen MR) is 98.7 cm³/mol. The van der Waals surface area contributed by atoms with E-state index in [2.05, 4.69) is 0 Å². The van der Waals surface area contributed by atoms with Crippen molar-refractivity contribution in [2.24, 2.45) is 0 Å². The van der Waals surface area contributed by atoms with Crippen molar-refractivity contribution in [2.75, 3.05) is 11.4 Å². The van der Waals surface area contributed by atoms with E-state index in [-0.39, 0.29) is 5.91 Å². The van der Waals surface area contributed by atoms with Crippen LogP contribution in [0.4, 0.5) is 5.69 Å². The van der Waals surface area contributed by atoms with E-state index >= 15 is 0 Å². The van der Waals surface area contributed by atoms with Gasteiger partial charge in [-0.1, -0.05) is 53.0 Å². The van der Waals surface area contributed by atoms with Gasteiger partial charge in [-0.3, -0.25) is 4.79 Å². The summed E-state index contributed by atoms with van der Waals surface area (Å²) >= 11 is 20.1. The molecular weight excluding hydrogens is 373 g/mol. The third kappa shape index (κ3) is 2.43. The van der Waals surface area contributed by atoms with Gasteiger partial charge in [-0.15, -0.1) is 11.3 Å². The number of amides is 1. The number of hydrogen-bond donors (Lipinski definition) is 0. The van der Waals surface area contributed by atoms with Gasteiger partial charge in [0.25, 0.3) is 5.91 Å². The highest BCUT2D eigenvalue weighted by atomic mass is 35.5. The molecule has 0 saturated heterocycles. The van der Waals surface area contributed by atoms with E-state index in [4.69, 9.17) is 34.8 Å². The summed E-state index contributed by atoms with van der Waals surface area (Å²) < 4.78 is 0.823. The molecule has 23 heavy (non-hydrogen) atoms. The van der Waals surface area contributed by atoms with Crippen molar-refractivity contribution in [3.63, 3.8) is 0 Å². The second-order valence-corrected chi connectivity index (χ2v) is 7.62. The maximum atomic E-state index is 13.0. The molecule has 3 aromatic rings. The lowest BCUT2D eigenvalue weighted by Crippen LogP contribution is -2.28. The highest BCUT2D eigenvalue weighted by Gasteiger charge is 2.29. The second kappa shape index (κ2) is 5.67. The first-order valence-electron chi connectivity index (χ1n) is 7.03. The third-order valence-corrected chi connectivity index (χ3v) is 6.11. The molecular formula is C17H10Cl3NOS. The molecule has 0 fully saturated rings. The van der Waals surface area contributed by atoms with Gasteiger partial charge < -0.3 is 4.90 Å². The first kappa shape index (κ1) is 15.3. The Kier molecular flexibility index (Phi) is 3.77. The maximum Gasteiger partial charge on any atom is 0.269 e. The van der Waals surface area contributed by atoms with Crippen molar-refractivity contribution >= 4 is 67.8 Å². The molecule has 2 nitrogen and oxygen atoms in total. The Morgan fingerprint density at radius 3 is 2.74 bits per heavy atom. The van der Waals surface area contributed by atoms with E-state index < -0.39 is 0 Å². The number of thiophene rings is 1. The molecule has 116 valence electrons. The maximum absolute atomic E-state index is 13.0. The summed E-state index contributed by atoms with van der Waals surface area (Å²) in [6.45, 7) is 0.664. The molecule has 6 heteroatoms.